The highest BCUT2D eigenvalue weighted by Crippen LogP contribution is 2.19. The van der Waals surface area contributed by atoms with Crippen molar-refractivity contribution in [3.05, 3.63) is 64.4 Å². The van der Waals surface area contributed by atoms with Crippen LogP contribution in [0.25, 0.3) is 0 Å². The smallest absolute Gasteiger partial charge is 0.260 e. The van der Waals surface area contributed by atoms with Gasteiger partial charge in [0.2, 0.25) is 5.91 Å². The summed E-state index contributed by atoms with van der Waals surface area (Å²) in [6.45, 7) is 2.60. The van der Waals surface area contributed by atoms with Gasteiger partial charge in [-0.2, -0.15) is 5.10 Å². The average Bonchev–Trinajstić information content (AvgIpc) is 3.21. The van der Waals surface area contributed by atoms with Gasteiger partial charge in [0.15, 0.2) is 5.13 Å². The number of amides is 2. The predicted octanol–water partition coefficient (Wildman–Crippen LogP) is 2.23. The number of rotatable bonds is 7. The number of benzene rings is 1. The van der Waals surface area contributed by atoms with Crippen molar-refractivity contribution >= 4 is 28.3 Å². The zero-order valence-corrected chi connectivity index (χ0v) is 15.1. The maximum atomic E-state index is 12.6. The van der Waals surface area contributed by atoms with E-state index in [1.54, 1.807) is 11.6 Å². The lowest BCUT2D eigenvalue weighted by atomic mass is 10.2. The van der Waals surface area contributed by atoms with Crippen molar-refractivity contribution in [3.63, 3.8) is 0 Å². The molecule has 3 N–H and O–H groups in total. The van der Waals surface area contributed by atoms with Crippen LogP contribution in [0.15, 0.2) is 41.9 Å². The van der Waals surface area contributed by atoms with Crippen molar-refractivity contribution in [2.75, 3.05) is 5.32 Å². The van der Waals surface area contributed by atoms with Crippen LogP contribution in [-0.4, -0.2) is 26.6 Å². The molecular formula is C18H19N5O2S. The first-order valence-electron chi connectivity index (χ1n) is 8.19. The topological polar surface area (TPSA) is 103 Å². The van der Waals surface area contributed by atoms with Crippen molar-refractivity contribution in [2.24, 2.45) is 5.73 Å². The van der Waals surface area contributed by atoms with E-state index in [9.17, 15) is 9.59 Å². The van der Waals surface area contributed by atoms with Crippen LogP contribution in [0.3, 0.4) is 0 Å². The van der Waals surface area contributed by atoms with Crippen molar-refractivity contribution < 1.29 is 9.59 Å². The molecule has 0 unspecified atom stereocenters. The highest BCUT2D eigenvalue weighted by Gasteiger charge is 2.18. The van der Waals surface area contributed by atoms with Gasteiger partial charge in [0.25, 0.3) is 5.91 Å². The number of thiazole rings is 1. The van der Waals surface area contributed by atoms with E-state index in [2.05, 4.69) is 15.4 Å². The second-order valence-electron chi connectivity index (χ2n) is 5.74. The minimum Gasteiger partial charge on any atom is -0.369 e. The van der Waals surface area contributed by atoms with Crippen LogP contribution in [0.4, 0.5) is 5.13 Å². The molecule has 3 aromatic rings. The molecule has 0 aliphatic carbocycles. The van der Waals surface area contributed by atoms with Gasteiger partial charge in [-0.3, -0.25) is 19.6 Å². The van der Waals surface area contributed by atoms with Crippen LogP contribution >= 0.6 is 11.3 Å². The SMILES string of the molecule is CCc1c(C(=O)Nc2nc(CC(N)=O)cs2)cnn1Cc1ccccc1. The fraction of sp³-hybridized carbons (Fsp3) is 0.222. The van der Waals surface area contributed by atoms with Crippen LogP contribution < -0.4 is 11.1 Å². The number of aromatic nitrogens is 3. The number of nitrogens with zero attached hydrogens (tertiary/aromatic N) is 3. The van der Waals surface area contributed by atoms with Crippen LogP contribution in [0.5, 0.6) is 0 Å². The van der Waals surface area contributed by atoms with Gasteiger partial charge in [0.1, 0.15) is 0 Å². The lowest BCUT2D eigenvalue weighted by molar-refractivity contribution is -0.117. The summed E-state index contributed by atoms with van der Waals surface area (Å²) in [4.78, 5) is 27.8. The van der Waals surface area contributed by atoms with Gasteiger partial charge in [0, 0.05) is 5.38 Å². The molecule has 2 heterocycles. The molecule has 0 saturated carbocycles. The Bertz CT molecular complexity index is 917. The summed E-state index contributed by atoms with van der Waals surface area (Å²) in [6, 6.07) is 9.97. The standard InChI is InChI=1S/C18H19N5O2S/c1-2-15-14(9-20-23(15)10-12-6-4-3-5-7-12)17(25)22-18-21-13(11-26-18)8-16(19)24/h3-7,9,11H,2,8,10H2,1H3,(H2,19,24)(H,21,22,25). The molecule has 134 valence electrons. The maximum absolute atomic E-state index is 12.6. The zero-order valence-electron chi connectivity index (χ0n) is 14.3. The molecule has 0 spiro atoms. The summed E-state index contributed by atoms with van der Waals surface area (Å²) < 4.78 is 1.84. The first kappa shape index (κ1) is 17.8. The minimum atomic E-state index is -0.455. The molecule has 0 radical (unpaired) electrons. The lowest BCUT2D eigenvalue weighted by Crippen LogP contribution is -2.16. The molecular weight excluding hydrogens is 350 g/mol. The monoisotopic (exact) mass is 369 g/mol. The Morgan fingerprint density at radius 2 is 2.04 bits per heavy atom. The van der Waals surface area contributed by atoms with Gasteiger partial charge in [-0.1, -0.05) is 37.3 Å². The fourth-order valence-corrected chi connectivity index (χ4v) is 3.36. The number of nitrogens with one attached hydrogen (secondary N) is 1. The number of carbonyl (C=O) groups excluding carboxylic acids is 2. The summed E-state index contributed by atoms with van der Waals surface area (Å²) in [5.74, 6) is -0.718. The fourth-order valence-electron chi connectivity index (χ4n) is 2.65. The molecule has 7 nitrogen and oxygen atoms in total. The Balaban J connectivity index is 1.75. The molecule has 0 fully saturated rings. The van der Waals surface area contributed by atoms with Crippen molar-refractivity contribution in [1.82, 2.24) is 14.8 Å². The molecule has 8 heteroatoms. The van der Waals surface area contributed by atoms with Crippen LogP contribution in [0.1, 0.15) is 34.2 Å². The highest BCUT2D eigenvalue weighted by atomic mass is 32.1. The Labute approximate surface area is 154 Å². The van der Waals surface area contributed by atoms with E-state index in [0.717, 1.165) is 11.3 Å². The molecule has 0 bridgehead atoms. The third-order valence-electron chi connectivity index (χ3n) is 3.83. The Morgan fingerprint density at radius 3 is 2.73 bits per heavy atom. The van der Waals surface area contributed by atoms with Gasteiger partial charge in [-0.15, -0.1) is 11.3 Å². The van der Waals surface area contributed by atoms with E-state index in [-0.39, 0.29) is 12.3 Å². The van der Waals surface area contributed by atoms with Gasteiger partial charge in [-0.05, 0) is 12.0 Å². The van der Waals surface area contributed by atoms with Gasteiger partial charge < -0.3 is 5.73 Å². The average molecular weight is 369 g/mol. The number of carbonyl (C=O) groups is 2. The molecule has 26 heavy (non-hydrogen) atoms. The Kier molecular flexibility index (Phi) is 5.43. The first-order chi connectivity index (χ1) is 12.6. The van der Waals surface area contributed by atoms with Crippen LogP contribution in [-0.2, 0) is 24.2 Å². The Morgan fingerprint density at radius 1 is 1.27 bits per heavy atom. The third-order valence-corrected chi connectivity index (χ3v) is 4.64. The lowest BCUT2D eigenvalue weighted by Gasteiger charge is -2.08. The van der Waals surface area contributed by atoms with Gasteiger partial charge in [-0.25, -0.2) is 4.98 Å². The van der Waals surface area contributed by atoms with E-state index in [0.29, 0.717) is 29.4 Å². The maximum Gasteiger partial charge on any atom is 0.260 e. The van der Waals surface area contributed by atoms with E-state index in [1.807, 2.05) is 41.9 Å². The van der Waals surface area contributed by atoms with E-state index >= 15 is 0 Å². The number of anilines is 1. The van der Waals surface area contributed by atoms with Crippen molar-refractivity contribution in [2.45, 2.75) is 26.3 Å². The van der Waals surface area contributed by atoms with Crippen molar-refractivity contribution in [1.29, 1.82) is 0 Å². The molecule has 1 aromatic carbocycles. The van der Waals surface area contributed by atoms with E-state index in [1.165, 1.54) is 11.3 Å². The molecule has 2 aromatic heterocycles. The summed E-state index contributed by atoms with van der Waals surface area (Å²) in [7, 11) is 0. The minimum absolute atomic E-state index is 0.0571. The second kappa shape index (κ2) is 7.92. The molecule has 0 aliphatic rings. The van der Waals surface area contributed by atoms with E-state index < -0.39 is 5.91 Å². The molecule has 2 amide bonds. The third kappa shape index (κ3) is 4.15. The number of primary amides is 1. The van der Waals surface area contributed by atoms with E-state index in [4.69, 9.17) is 5.73 Å². The van der Waals surface area contributed by atoms with Gasteiger partial charge in [0.05, 0.1) is 36.1 Å². The summed E-state index contributed by atoms with van der Waals surface area (Å²) >= 11 is 1.26. The Hall–Kier alpha value is -3.00. The number of hydrogen-bond acceptors (Lipinski definition) is 5. The normalized spacial score (nSPS) is 10.7. The highest BCUT2D eigenvalue weighted by molar-refractivity contribution is 7.14. The van der Waals surface area contributed by atoms with Crippen molar-refractivity contribution in [3.8, 4) is 0 Å². The number of nitrogens with two attached hydrogens (primary N) is 1. The molecule has 0 aliphatic heterocycles. The summed E-state index contributed by atoms with van der Waals surface area (Å²) in [5, 5.41) is 9.28. The predicted molar refractivity (Wildman–Crippen MR) is 100 cm³/mol. The van der Waals surface area contributed by atoms with Crippen LogP contribution in [0.2, 0.25) is 0 Å². The second-order valence-corrected chi connectivity index (χ2v) is 6.60. The quantitative estimate of drug-likeness (QED) is 0.666. The zero-order chi connectivity index (χ0) is 18.5. The largest absolute Gasteiger partial charge is 0.369 e. The summed E-state index contributed by atoms with van der Waals surface area (Å²) in [5.41, 5.74) is 8.21. The summed E-state index contributed by atoms with van der Waals surface area (Å²) in [6.07, 6.45) is 2.32. The van der Waals surface area contributed by atoms with Crippen LogP contribution in [0, 0.1) is 0 Å². The van der Waals surface area contributed by atoms with Gasteiger partial charge >= 0.3 is 0 Å². The first-order valence-corrected chi connectivity index (χ1v) is 9.07. The molecule has 0 atom stereocenters. The molecule has 0 saturated heterocycles. The number of hydrogen-bond donors (Lipinski definition) is 2. The molecule has 3 rings (SSSR count).